The third-order valence-corrected chi connectivity index (χ3v) is 2.92. The number of carbonyl (C=O) groups is 2. The van der Waals surface area contributed by atoms with E-state index in [0.29, 0.717) is 37.5 Å². The Morgan fingerprint density at radius 2 is 2.26 bits per heavy atom. The van der Waals surface area contributed by atoms with E-state index in [2.05, 4.69) is 10.6 Å². The molecule has 19 heavy (non-hydrogen) atoms. The Morgan fingerprint density at radius 1 is 1.42 bits per heavy atom. The fourth-order valence-electron chi connectivity index (χ4n) is 1.87. The Bertz CT molecular complexity index is 476. The first-order valence-corrected chi connectivity index (χ1v) is 6.16. The summed E-state index contributed by atoms with van der Waals surface area (Å²) in [5.74, 6) is 0.669. The lowest BCUT2D eigenvalue weighted by Gasteiger charge is -2.20. The second-order valence-electron chi connectivity index (χ2n) is 4.25. The number of anilines is 1. The Hall–Kier alpha value is -2.24. The Balaban J connectivity index is 1.97. The van der Waals surface area contributed by atoms with Gasteiger partial charge in [-0.15, -0.1) is 0 Å². The minimum absolute atomic E-state index is 0.0170. The quantitative estimate of drug-likeness (QED) is 0.837. The molecule has 1 saturated heterocycles. The summed E-state index contributed by atoms with van der Waals surface area (Å²) in [5, 5.41) is 5.53. The molecule has 3 amide bonds. The molecule has 1 fully saturated rings. The van der Waals surface area contributed by atoms with Gasteiger partial charge in [0, 0.05) is 37.8 Å². The largest absolute Gasteiger partial charge is 0.497 e. The van der Waals surface area contributed by atoms with Gasteiger partial charge < -0.3 is 20.3 Å². The first-order chi connectivity index (χ1) is 9.19. The van der Waals surface area contributed by atoms with E-state index in [-0.39, 0.29) is 11.9 Å². The standard InChI is InChI=1S/C13H17N3O3/c1-19-11-4-2-3-10(9-11)15-13(18)16-7-5-12(17)14-6-8-16/h2-4,9H,5-8H2,1H3,(H,14,17)(H,15,18). The molecule has 6 nitrogen and oxygen atoms in total. The second kappa shape index (κ2) is 6.08. The van der Waals surface area contributed by atoms with Crippen molar-refractivity contribution in [3.05, 3.63) is 24.3 Å². The third-order valence-electron chi connectivity index (χ3n) is 2.92. The number of nitrogens with zero attached hydrogens (tertiary/aromatic N) is 1. The monoisotopic (exact) mass is 263 g/mol. The van der Waals surface area contributed by atoms with Gasteiger partial charge >= 0.3 is 6.03 Å². The van der Waals surface area contributed by atoms with Gasteiger partial charge in [0.25, 0.3) is 0 Å². The summed E-state index contributed by atoms with van der Waals surface area (Å²) in [6.07, 6.45) is 0.339. The van der Waals surface area contributed by atoms with E-state index < -0.39 is 0 Å². The minimum Gasteiger partial charge on any atom is -0.497 e. The van der Waals surface area contributed by atoms with Crippen molar-refractivity contribution in [2.75, 3.05) is 32.1 Å². The smallest absolute Gasteiger partial charge is 0.321 e. The number of carbonyl (C=O) groups excluding carboxylic acids is 2. The van der Waals surface area contributed by atoms with Crippen LogP contribution in [0.25, 0.3) is 0 Å². The van der Waals surface area contributed by atoms with Gasteiger partial charge in [-0.05, 0) is 12.1 Å². The first kappa shape index (κ1) is 13.2. The molecular weight excluding hydrogens is 246 g/mol. The summed E-state index contributed by atoms with van der Waals surface area (Å²) in [6, 6.07) is 6.96. The lowest BCUT2D eigenvalue weighted by Crippen LogP contribution is -2.37. The van der Waals surface area contributed by atoms with Crippen LogP contribution in [0.1, 0.15) is 6.42 Å². The van der Waals surface area contributed by atoms with Gasteiger partial charge in [-0.2, -0.15) is 0 Å². The van der Waals surface area contributed by atoms with Crippen molar-refractivity contribution in [2.24, 2.45) is 0 Å². The fourth-order valence-corrected chi connectivity index (χ4v) is 1.87. The van der Waals surface area contributed by atoms with Gasteiger partial charge in [0.2, 0.25) is 5.91 Å². The van der Waals surface area contributed by atoms with E-state index >= 15 is 0 Å². The Labute approximate surface area is 111 Å². The van der Waals surface area contributed by atoms with Crippen LogP contribution in [-0.2, 0) is 4.79 Å². The summed E-state index contributed by atoms with van der Waals surface area (Å²) >= 11 is 0. The van der Waals surface area contributed by atoms with Crippen molar-refractivity contribution in [3.63, 3.8) is 0 Å². The highest BCUT2D eigenvalue weighted by atomic mass is 16.5. The molecule has 1 aromatic rings. The molecule has 2 N–H and O–H groups in total. The summed E-state index contributed by atoms with van der Waals surface area (Å²) in [4.78, 5) is 24.9. The van der Waals surface area contributed by atoms with E-state index in [1.807, 2.05) is 12.1 Å². The van der Waals surface area contributed by atoms with Crippen LogP contribution in [0.4, 0.5) is 10.5 Å². The molecule has 1 aromatic carbocycles. The number of nitrogens with one attached hydrogen (secondary N) is 2. The van der Waals surface area contributed by atoms with E-state index in [1.165, 1.54) is 0 Å². The summed E-state index contributed by atoms with van der Waals surface area (Å²) < 4.78 is 5.10. The van der Waals surface area contributed by atoms with Crippen LogP contribution in [0.5, 0.6) is 5.75 Å². The van der Waals surface area contributed by atoms with Gasteiger partial charge in [-0.3, -0.25) is 4.79 Å². The number of amides is 3. The number of rotatable bonds is 2. The third kappa shape index (κ3) is 3.61. The predicted molar refractivity (Wildman–Crippen MR) is 71.2 cm³/mol. The van der Waals surface area contributed by atoms with E-state index in [9.17, 15) is 9.59 Å². The zero-order chi connectivity index (χ0) is 13.7. The van der Waals surface area contributed by atoms with Crippen molar-refractivity contribution >= 4 is 17.6 Å². The van der Waals surface area contributed by atoms with Crippen molar-refractivity contribution in [3.8, 4) is 5.75 Å². The normalized spacial score (nSPS) is 15.4. The second-order valence-corrected chi connectivity index (χ2v) is 4.25. The first-order valence-electron chi connectivity index (χ1n) is 6.16. The predicted octanol–water partition coefficient (Wildman–Crippen LogP) is 1.05. The molecule has 0 bridgehead atoms. The average molecular weight is 263 g/mol. The Kier molecular flexibility index (Phi) is 4.22. The van der Waals surface area contributed by atoms with Gasteiger partial charge in [-0.1, -0.05) is 6.07 Å². The fraction of sp³-hybridized carbons (Fsp3) is 0.385. The molecule has 0 aliphatic carbocycles. The lowest BCUT2D eigenvalue weighted by molar-refractivity contribution is -0.120. The van der Waals surface area contributed by atoms with E-state index in [0.717, 1.165) is 0 Å². The Morgan fingerprint density at radius 3 is 3.05 bits per heavy atom. The van der Waals surface area contributed by atoms with Gasteiger partial charge in [0.15, 0.2) is 0 Å². The molecule has 0 radical (unpaired) electrons. The van der Waals surface area contributed by atoms with Crippen LogP contribution < -0.4 is 15.4 Å². The van der Waals surface area contributed by atoms with Gasteiger partial charge in [0.05, 0.1) is 7.11 Å². The van der Waals surface area contributed by atoms with Crippen molar-refractivity contribution in [1.82, 2.24) is 10.2 Å². The zero-order valence-electron chi connectivity index (χ0n) is 10.8. The molecule has 0 saturated carbocycles. The summed E-state index contributed by atoms with van der Waals surface area (Å²) in [7, 11) is 1.58. The topological polar surface area (TPSA) is 70.7 Å². The highest BCUT2D eigenvalue weighted by molar-refractivity contribution is 5.90. The number of benzene rings is 1. The summed E-state index contributed by atoms with van der Waals surface area (Å²) in [6.45, 7) is 1.44. The number of hydrogen-bond acceptors (Lipinski definition) is 3. The average Bonchev–Trinajstić information content (AvgIpc) is 2.64. The molecule has 6 heteroatoms. The van der Waals surface area contributed by atoms with Gasteiger partial charge in [-0.25, -0.2) is 4.79 Å². The molecular formula is C13H17N3O3. The molecule has 102 valence electrons. The zero-order valence-corrected chi connectivity index (χ0v) is 10.8. The highest BCUT2D eigenvalue weighted by Gasteiger charge is 2.18. The van der Waals surface area contributed by atoms with Gasteiger partial charge in [0.1, 0.15) is 5.75 Å². The SMILES string of the molecule is COc1cccc(NC(=O)N2CCNC(=O)CC2)c1. The van der Waals surface area contributed by atoms with Crippen LogP contribution in [0.3, 0.4) is 0 Å². The number of ether oxygens (including phenoxy) is 1. The van der Waals surface area contributed by atoms with Crippen LogP contribution in [0.15, 0.2) is 24.3 Å². The molecule has 0 atom stereocenters. The molecule has 2 rings (SSSR count). The number of hydrogen-bond donors (Lipinski definition) is 2. The highest BCUT2D eigenvalue weighted by Crippen LogP contribution is 2.17. The van der Waals surface area contributed by atoms with Crippen LogP contribution >= 0.6 is 0 Å². The molecule has 0 unspecified atom stereocenters. The molecule has 1 aliphatic rings. The van der Waals surface area contributed by atoms with Crippen LogP contribution in [0.2, 0.25) is 0 Å². The summed E-state index contributed by atoms with van der Waals surface area (Å²) in [5.41, 5.74) is 0.674. The van der Waals surface area contributed by atoms with E-state index in [1.54, 1.807) is 24.1 Å². The van der Waals surface area contributed by atoms with Crippen LogP contribution in [-0.4, -0.2) is 43.6 Å². The lowest BCUT2D eigenvalue weighted by atomic mass is 10.3. The number of urea groups is 1. The van der Waals surface area contributed by atoms with Crippen molar-refractivity contribution in [1.29, 1.82) is 0 Å². The maximum absolute atomic E-state index is 12.1. The number of methoxy groups -OCH3 is 1. The molecule has 0 spiro atoms. The van der Waals surface area contributed by atoms with E-state index in [4.69, 9.17) is 4.74 Å². The van der Waals surface area contributed by atoms with Crippen molar-refractivity contribution < 1.29 is 14.3 Å². The molecule has 1 aliphatic heterocycles. The maximum Gasteiger partial charge on any atom is 0.321 e. The van der Waals surface area contributed by atoms with Crippen LogP contribution in [0, 0.1) is 0 Å². The molecule has 0 aromatic heterocycles. The minimum atomic E-state index is -0.204. The molecule has 1 heterocycles. The van der Waals surface area contributed by atoms with Crippen molar-refractivity contribution in [2.45, 2.75) is 6.42 Å². The maximum atomic E-state index is 12.1.